The van der Waals surface area contributed by atoms with E-state index in [0.29, 0.717) is 34.6 Å². The van der Waals surface area contributed by atoms with Crippen LogP contribution in [0.5, 0.6) is 0 Å². The molecule has 2 aromatic carbocycles. The summed E-state index contributed by atoms with van der Waals surface area (Å²) in [6.45, 7) is 6.88. The van der Waals surface area contributed by atoms with Gasteiger partial charge in [-0.05, 0) is 54.9 Å². The highest BCUT2D eigenvalue weighted by molar-refractivity contribution is 6.31. The summed E-state index contributed by atoms with van der Waals surface area (Å²) >= 11 is 6.32. The summed E-state index contributed by atoms with van der Waals surface area (Å²) in [7, 11) is 1.85. The zero-order chi connectivity index (χ0) is 21.7. The van der Waals surface area contributed by atoms with Gasteiger partial charge in [-0.2, -0.15) is 0 Å². The molecule has 0 fully saturated rings. The molecule has 3 rings (SSSR count). The first-order chi connectivity index (χ1) is 14.4. The second kappa shape index (κ2) is 9.92. The van der Waals surface area contributed by atoms with E-state index in [2.05, 4.69) is 41.3 Å². The number of halogens is 1. The molecule has 0 aliphatic heterocycles. The molecule has 1 aromatic heterocycles. The predicted octanol–water partition coefficient (Wildman–Crippen LogP) is 6.01. The fraction of sp³-hybridized carbons (Fsp3) is 0.333. The quantitative estimate of drug-likeness (QED) is 0.450. The monoisotopic (exact) mass is 423 g/mol. The maximum absolute atomic E-state index is 13.0. The molecule has 1 N–H and O–H groups in total. The van der Waals surface area contributed by atoms with Crippen molar-refractivity contribution in [2.24, 2.45) is 5.92 Å². The third kappa shape index (κ3) is 5.29. The van der Waals surface area contributed by atoms with Gasteiger partial charge in [-0.15, -0.1) is 0 Å². The Morgan fingerprint density at radius 2 is 1.87 bits per heavy atom. The summed E-state index contributed by atoms with van der Waals surface area (Å²) in [5, 5.41) is 3.60. The fourth-order valence-corrected chi connectivity index (χ4v) is 3.43. The van der Waals surface area contributed by atoms with Crippen LogP contribution in [-0.4, -0.2) is 17.0 Å². The van der Waals surface area contributed by atoms with Gasteiger partial charge in [0.15, 0.2) is 5.69 Å². The van der Waals surface area contributed by atoms with Gasteiger partial charge in [0.25, 0.3) is 0 Å². The highest BCUT2D eigenvalue weighted by atomic mass is 35.5. The molecule has 5 nitrogen and oxygen atoms in total. The standard InChI is InChI=1S/C24H28ClN4O/c1-16(2)5-6-18-7-9-19(10-8-18)23-15-27-17(3)24(28-23)29(30)21-12-11-20(14-26-4)22(25)13-21/h7-13,15-16,26H,5-6,14H2,1-4H3/q+1. The van der Waals surface area contributed by atoms with Crippen molar-refractivity contribution < 1.29 is 0 Å². The zero-order valence-corrected chi connectivity index (χ0v) is 18.7. The first-order valence-electron chi connectivity index (χ1n) is 10.2. The SMILES string of the molecule is CNCc1ccc([N+](=O)c2nc(-c3ccc(CCC(C)C)cc3)cnc2C)cc1Cl. The highest BCUT2D eigenvalue weighted by Gasteiger charge is 2.24. The number of nitrogens with one attached hydrogen (secondary N) is 1. The van der Waals surface area contributed by atoms with Gasteiger partial charge in [-0.1, -0.05) is 60.7 Å². The molecule has 30 heavy (non-hydrogen) atoms. The van der Waals surface area contributed by atoms with Crippen LogP contribution < -0.4 is 10.1 Å². The van der Waals surface area contributed by atoms with E-state index in [1.807, 2.05) is 25.2 Å². The Balaban J connectivity index is 1.86. The Morgan fingerprint density at radius 3 is 2.50 bits per heavy atom. The molecule has 1 heterocycles. The van der Waals surface area contributed by atoms with Crippen molar-refractivity contribution in [3.8, 4) is 11.3 Å². The largest absolute Gasteiger partial charge is 0.388 e. The van der Waals surface area contributed by atoms with Crippen LogP contribution in [0, 0.1) is 17.7 Å². The van der Waals surface area contributed by atoms with E-state index in [9.17, 15) is 4.91 Å². The van der Waals surface area contributed by atoms with E-state index < -0.39 is 0 Å². The first-order valence-corrected chi connectivity index (χ1v) is 10.6. The summed E-state index contributed by atoms with van der Waals surface area (Å²) < 4.78 is 0.790. The third-order valence-corrected chi connectivity index (χ3v) is 5.37. The second-order valence-electron chi connectivity index (χ2n) is 7.89. The summed E-state index contributed by atoms with van der Waals surface area (Å²) in [6.07, 6.45) is 3.93. The molecule has 0 bridgehead atoms. The molecule has 0 amide bonds. The van der Waals surface area contributed by atoms with Gasteiger partial charge in [0.1, 0.15) is 5.69 Å². The van der Waals surface area contributed by atoms with Crippen LogP contribution in [0.25, 0.3) is 11.3 Å². The lowest BCUT2D eigenvalue weighted by Gasteiger charge is -2.06. The second-order valence-corrected chi connectivity index (χ2v) is 8.30. The molecular weight excluding hydrogens is 396 g/mol. The normalized spacial score (nSPS) is 11.1. The van der Waals surface area contributed by atoms with Gasteiger partial charge in [-0.25, -0.2) is 4.98 Å². The summed E-state index contributed by atoms with van der Waals surface area (Å²) in [5.74, 6) is 0.952. The molecule has 0 unspecified atom stereocenters. The average Bonchev–Trinajstić information content (AvgIpc) is 2.74. The number of nitrogens with zero attached hydrogens (tertiary/aromatic N) is 3. The maximum atomic E-state index is 13.0. The number of hydrogen-bond donors (Lipinski definition) is 1. The maximum Gasteiger partial charge on any atom is 0.388 e. The Kier molecular flexibility index (Phi) is 7.29. The Bertz CT molecular complexity index is 1030. The zero-order valence-electron chi connectivity index (χ0n) is 17.9. The van der Waals surface area contributed by atoms with E-state index >= 15 is 0 Å². The number of hydrogen-bond acceptors (Lipinski definition) is 4. The molecular formula is C24H28ClN4O+. The van der Waals surface area contributed by atoms with Crippen LogP contribution in [0.1, 0.15) is 37.1 Å². The molecule has 6 heteroatoms. The average molecular weight is 424 g/mol. The van der Waals surface area contributed by atoms with Crippen molar-refractivity contribution in [3.63, 3.8) is 0 Å². The van der Waals surface area contributed by atoms with E-state index in [1.54, 1.807) is 25.3 Å². The van der Waals surface area contributed by atoms with Gasteiger partial charge in [-0.3, -0.25) is 0 Å². The highest BCUT2D eigenvalue weighted by Crippen LogP contribution is 2.28. The lowest BCUT2D eigenvalue weighted by Crippen LogP contribution is -2.08. The Labute approximate surface area is 183 Å². The molecule has 0 aliphatic rings. The topological polar surface area (TPSA) is 57.9 Å². The molecule has 0 spiro atoms. The van der Waals surface area contributed by atoms with Gasteiger partial charge >= 0.3 is 5.82 Å². The van der Waals surface area contributed by atoms with E-state index in [4.69, 9.17) is 11.6 Å². The number of aromatic nitrogens is 2. The van der Waals surface area contributed by atoms with Crippen LogP contribution in [0.2, 0.25) is 5.02 Å². The first kappa shape index (κ1) is 22.1. The number of nitroso groups, excluding NO2 is 1. The van der Waals surface area contributed by atoms with Crippen LogP contribution in [-0.2, 0) is 13.0 Å². The van der Waals surface area contributed by atoms with Crippen LogP contribution in [0.15, 0.2) is 48.7 Å². The van der Waals surface area contributed by atoms with Crippen LogP contribution in [0.3, 0.4) is 0 Å². The van der Waals surface area contributed by atoms with Crippen molar-refractivity contribution in [3.05, 3.63) is 75.4 Å². The minimum absolute atomic E-state index is 0.272. The molecule has 0 saturated heterocycles. The Morgan fingerprint density at radius 1 is 1.13 bits per heavy atom. The molecule has 0 atom stereocenters. The molecule has 3 aromatic rings. The van der Waals surface area contributed by atoms with Crippen LogP contribution >= 0.6 is 11.6 Å². The van der Waals surface area contributed by atoms with Crippen molar-refractivity contribution in [1.29, 1.82) is 0 Å². The van der Waals surface area contributed by atoms with Crippen molar-refractivity contribution >= 4 is 23.1 Å². The lowest BCUT2D eigenvalue weighted by atomic mass is 10.0. The predicted molar refractivity (Wildman–Crippen MR) is 124 cm³/mol. The molecule has 0 saturated carbocycles. The van der Waals surface area contributed by atoms with Crippen molar-refractivity contribution in [1.82, 2.24) is 20.0 Å². The number of benzene rings is 2. The van der Waals surface area contributed by atoms with Gasteiger partial charge in [0, 0.05) is 28.0 Å². The Hall–Kier alpha value is -2.63. The third-order valence-electron chi connectivity index (χ3n) is 5.02. The van der Waals surface area contributed by atoms with Gasteiger partial charge in [0.2, 0.25) is 5.69 Å². The van der Waals surface area contributed by atoms with Gasteiger partial charge < -0.3 is 5.32 Å². The molecule has 156 valence electrons. The molecule has 0 radical (unpaired) electrons. The number of rotatable bonds is 8. The minimum Gasteiger partial charge on any atom is -0.316 e. The lowest BCUT2D eigenvalue weighted by molar-refractivity contribution is 0.587. The van der Waals surface area contributed by atoms with E-state index in [0.717, 1.165) is 28.7 Å². The summed E-state index contributed by atoms with van der Waals surface area (Å²) in [6, 6.07) is 13.6. The minimum atomic E-state index is 0.272. The van der Waals surface area contributed by atoms with Gasteiger partial charge in [0.05, 0.1) is 6.20 Å². The summed E-state index contributed by atoms with van der Waals surface area (Å²) in [5.41, 5.74) is 4.84. The van der Waals surface area contributed by atoms with Crippen molar-refractivity contribution in [2.45, 2.75) is 40.2 Å². The fourth-order valence-electron chi connectivity index (χ4n) is 3.19. The van der Waals surface area contributed by atoms with E-state index in [-0.39, 0.29) is 5.82 Å². The van der Waals surface area contributed by atoms with Crippen molar-refractivity contribution in [2.75, 3.05) is 7.05 Å². The van der Waals surface area contributed by atoms with E-state index in [1.165, 1.54) is 5.56 Å². The number of aryl methyl sites for hydroxylation is 2. The smallest absolute Gasteiger partial charge is 0.316 e. The summed E-state index contributed by atoms with van der Waals surface area (Å²) in [4.78, 5) is 22.0. The molecule has 0 aliphatic carbocycles. The van der Waals surface area contributed by atoms with Crippen LogP contribution in [0.4, 0.5) is 11.5 Å².